The molecule has 17 heavy (non-hydrogen) atoms. The van der Waals surface area contributed by atoms with E-state index < -0.39 is 0 Å². The van der Waals surface area contributed by atoms with E-state index >= 15 is 0 Å². The summed E-state index contributed by atoms with van der Waals surface area (Å²) >= 11 is 0. The first-order valence-corrected chi connectivity index (χ1v) is 5.65. The molecular weight excluding hydrogens is 208 g/mol. The van der Waals surface area contributed by atoms with Crippen molar-refractivity contribution in [3.05, 3.63) is 72.2 Å². The molecule has 0 atom stereocenters. The van der Waals surface area contributed by atoms with Crippen LogP contribution in [0.4, 0.5) is 0 Å². The number of nitrogens with zero attached hydrogens (tertiary/aromatic N) is 1. The van der Waals surface area contributed by atoms with Crippen molar-refractivity contribution in [3.63, 3.8) is 0 Å². The third kappa shape index (κ3) is 5.52. The number of rotatable bonds is 5. The number of nitrogens with two attached hydrogens (primary N) is 1. The highest BCUT2D eigenvalue weighted by molar-refractivity contribution is 5.46. The van der Waals surface area contributed by atoms with Crippen LogP contribution in [-0.2, 0) is 6.42 Å². The largest absolute Gasteiger partial charge is 0.405 e. The molecular formula is C15H18N2. The molecule has 0 saturated carbocycles. The van der Waals surface area contributed by atoms with E-state index in [1.54, 1.807) is 6.08 Å². The summed E-state index contributed by atoms with van der Waals surface area (Å²) in [5.74, 6) is 0. The molecule has 0 aliphatic rings. The topological polar surface area (TPSA) is 38.9 Å². The van der Waals surface area contributed by atoms with Crippen LogP contribution in [0.25, 0.3) is 6.08 Å². The minimum absolute atomic E-state index is 0.815. The first-order chi connectivity index (χ1) is 8.36. The lowest BCUT2D eigenvalue weighted by molar-refractivity contribution is 1.10. The summed E-state index contributed by atoms with van der Waals surface area (Å²) in [5.41, 5.74) is 7.26. The Morgan fingerprint density at radius 2 is 2.06 bits per heavy atom. The summed E-state index contributed by atoms with van der Waals surface area (Å²) < 4.78 is 0. The van der Waals surface area contributed by atoms with Gasteiger partial charge in [0.25, 0.3) is 0 Å². The van der Waals surface area contributed by atoms with Gasteiger partial charge in [-0.25, -0.2) is 0 Å². The first kappa shape index (κ1) is 13.0. The maximum absolute atomic E-state index is 5.24. The molecule has 0 saturated heterocycles. The van der Waals surface area contributed by atoms with Crippen LogP contribution in [0.2, 0.25) is 0 Å². The van der Waals surface area contributed by atoms with Crippen molar-refractivity contribution in [3.8, 4) is 0 Å². The molecule has 2 heteroatoms. The van der Waals surface area contributed by atoms with Crippen LogP contribution in [0.3, 0.4) is 0 Å². The standard InChI is InChI=1S/C15H18N2/c1-2-3-5-9-14-11-8-12-15(17-14)10-6-4-7-13-16/h2-9,11-13H,10,16H2,1H3/b3-2-,6-4-,9-5+,13-7-. The van der Waals surface area contributed by atoms with E-state index in [9.17, 15) is 0 Å². The summed E-state index contributed by atoms with van der Waals surface area (Å²) in [5, 5.41) is 0. The molecule has 0 amide bonds. The molecule has 88 valence electrons. The molecule has 0 aliphatic carbocycles. The Morgan fingerprint density at radius 3 is 2.82 bits per heavy atom. The molecule has 0 bridgehead atoms. The van der Waals surface area contributed by atoms with Crippen molar-refractivity contribution in [1.82, 2.24) is 4.98 Å². The molecule has 0 spiro atoms. The van der Waals surface area contributed by atoms with Gasteiger partial charge in [-0.15, -0.1) is 0 Å². The van der Waals surface area contributed by atoms with Crippen molar-refractivity contribution in [2.75, 3.05) is 0 Å². The number of hydrogen-bond acceptors (Lipinski definition) is 2. The van der Waals surface area contributed by atoms with Gasteiger partial charge in [0.05, 0.1) is 5.69 Å². The fourth-order valence-electron chi connectivity index (χ4n) is 1.30. The zero-order valence-corrected chi connectivity index (χ0v) is 10.1. The quantitative estimate of drug-likeness (QED) is 0.783. The molecule has 0 unspecified atom stereocenters. The van der Waals surface area contributed by atoms with Gasteiger partial charge in [0.15, 0.2) is 0 Å². The monoisotopic (exact) mass is 226 g/mol. The Labute approximate surface area is 103 Å². The van der Waals surface area contributed by atoms with Gasteiger partial charge in [-0.1, -0.05) is 36.4 Å². The SMILES string of the molecule is C/C=C\C=C\c1cccc(C/C=C\C=C/N)n1. The minimum Gasteiger partial charge on any atom is -0.405 e. The molecule has 0 fully saturated rings. The van der Waals surface area contributed by atoms with E-state index in [0.29, 0.717) is 0 Å². The van der Waals surface area contributed by atoms with Crippen molar-refractivity contribution in [1.29, 1.82) is 0 Å². The van der Waals surface area contributed by atoms with Crippen molar-refractivity contribution in [2.45, 2.75) is 13.3 Å². The van der Waals surface area contributed by atoms with E-state index in [0.717, 1.165) is 17.8 Å². The summed E-state index contributed by atoms with van der Waals surface area (Å²) in [7, 11) is 0. The predicted molar refractivity (Wildman–Crippen MR) is 74.3 cm³/mol. The Bertz CT molecular complexity index is 440. The lowest BCUT2D eigenvalue weighted by atomic mass is 10.2. The fraction of sp³-hybridized carbons (Fsp3) is 0.133. The van der Waals surface area contributed by atoms with Gasteiger partial charge in [0.2, 0.25) is 0 Å². The smallest absolute Gasteiger partial charge is 0.0633 e. The lowest BCUT2D eigenvalue weighted by Crippen LogP contribution is -1.89. The van der Waals surface area contributed by atoms with Gasteiger partial charge in [-0.2, -0.15) is 0 Å². The second kappa shape index (κ2) is 8.11. The summed E-state index contributed by atoms with van der Waals surface area (Å²) in [6.07, 6.45) is 16.0. The Kier molecular flexibility index (Phi) is 6.19. The molecule has 0 radical (unpaired) electrons. The van der Waals surface area contributed by atoms with Crippen LogP contribution in [0.5, 0.6) is 0 Å². The zero-order valence-electron chi connectivity index (χ0n) is 10.1. The molecule has 1 aromatic rings. The first-order valence-electron chi connectivity index (χ1n) is 5.65. The van der Waals surface area contributed by atoms with Crippen LogP contribution in [0, 0.1) is 0 Å². The summed E-state index contributed by atoms with van der Waals surface area (Å²) in [6, 6.07) is 6.03. The number of allylic oxidation sites excluding steroid dienone is 6. The van der Waals surface area contributed by atoms with Crippen LogP contribution in [-0.4, -0.2) is 4.98 Å². The van der Waals surface area contributed by atoms with E-state index in [1.165, 1.54) is 6.20 Å². The highest BCUT2D eigenvalue weighted by Gasteiger charge is 1.92. The van der Waals surface area contributed by atoms with Crippen LogP contribution >= 0.6 is 0 Å². The normalized spacial score (nSPS) is 12.5. The van der Waals surface area contributed by atoms with Gasteiger partial charge in [0, 0.05) is 12.1 Å². The molecule has 1 heterocycles. The predicted octanol–water partition coefficient (Wildman–Crippen LogP) is 3.24. The number of hydrogen-bond donors (Lipinski definition) is 1. The molecule has 1 aromatic heterocycles. The minimum atomic E-state index is 0.815. The molecule has 2 N–H and O–H groups in total. The van der Waals surface area contributed by atoms with Gasteiger partial charge >= 0.3 is 0 Å². The summed E-state index contributed by atoms with van der Waals surface area (Å²) in [6.45, 7) is 1.99. The third-order valence-electron chi connectivity index (χ3n) is 2.08. The van der Waals surface area contributed by atoms with Crippen LogP contribution in [0.15, 0.2) is 60.9 Å². The average molecular weight is 226 g/mol. The second-order valence-electron chi connectivity index (χ2n) is 3.46. The molecule has 0 aromatic carbocycles. The van der Waals surface area contributed by atoms with Gasteiger partial charge in [-0.05, 0) is 37.4 Å². The number of pyridine rings is 1. The molecule has 1 rings (SSSR count). The van der Waals surface area contributed by atoms with Crippen LogP contribution < -0.4 is 5.73 Å². The second-order valence-corrected chi connectivity index (χ2v) is 3.46. The molecule has 2 nitrogen and oxygen atoms in total. The Balaban J connectivity index is 2.65. The van der Waals surface area contributed by atoms with E-state index in [-0.39, 0.29) is 0 Å². The van der Waals surface area contributed by atoms with E-state index in [1.807, 2.05) is 61.6 Å². The van der Waals surface area contributed by atoms with E-state index in [4.69, 9.17) is 5.73 Å². The average Bonchev–Trinajstić information content (AvgIpc) is 2.36. The van der Waals surface area contributed by atoms with Gasteiger partial charge in [0.1, 0.15) is 0 Å². The number of aromatic nitrogens is 1. The van der Waals surface area contributed by atoms with Gasteiger partial charge in [-0.3, -0.25) is 4.98 Å². The fourth-order valence-corrected chi connectivity index (χ4v) is 1.30. The Hall–Kier alpha value is -2.09. The molecule has 0 aliphatic heterocycles. The third-order valence-corrected chi connectivity index (χ3v) is 2.08. The maximum atomic E-state index is 5.24. The van der Waals surface area contributed by atoms with Gasteiger partial charge < -0.3 is 5.73 Å². The van der Waals surface area contributed by atoms with Crippen LogP contribution in [0.1, 0.15) is 18.3 Å². The summed E-state index contributed by atoms with van der Waals surface area (Å²) in [4.78, 5) is 4.51. The zero-order chi connectivity index (χ0) is 12.3. The van der Waals surface area contributed by atoms with Crippen molar-refractivity contribution in [2.24, 2.45) is 5.73 Å². The lowest BCUT2D eigenvalue weighted by Gasteiger charge is -1.97. The van der Waals surface area contributed by atoms with Crippen molar-refractivity contribution < 1.29 is 0 Å². The Morgan fingerprint density at radius 1 is 1.18 bits per heavy atom. The van der Waals surface area contributed by atoms with E-state index in [2.05, 4.69) is 4.98 Å². The highest BCUT2D eigenvalue weighted by Crippen LogP contribution is 2.03. The maximum Gasteiger partial charge on any atom is 0.0633 e. The van der Waals surface area contributed by atoms with Crippen molar-refractivity contribution >= 4 is 6.08 Å². The highest BCUT2D eigenvalue weighted by atomic mass is 14.7.